The van der Waals surface area contributed by atoms with Crippen molar-refractivity contribution in [1.82, 2.24) is 4.98 Å². The van der Waals surface area contributed by atoms with E-state index in [1.807, 2.05) is 18.3 Å². The third kappa shape index (κ3) is 7.03. The molecule has 4 aromatic carbocycles. The van der Waals surface area contributed by atoms with E-state index in [9.17, 15) is 0 Å². The maximum absolute atomic E-state index is 15.9. The Morgan fingerprint density at radius 3 is 1.90 bits per heavy atom. The summed E-state index contributed by atoms with van der Waals surface area (Å²) in [5.74, 6) is -0.0442. The standard InChI is InChI=1S/C46H58FNSi/c1-7-9-11-13-15-19-28-46(29-20-16-14-12-10-8-2)40-22-18-17-21-39(40)43-33(3)31-34(32-41(43)46)45-38-24-23-37-35(36(38)27-30-48-45)25-26-42(44(37)47)49(4,5)6/h17-18,21-27,30-32H,7-16,19-20,28-29H2,1-6H3. The van der Waals surface area contributed by atoms with Gasteiger partial charge in [0.2, 0.25) is 0 Å². The predicted octanol–water partition coefficient (Wildman–Crippen LogP) is 13.8. The third-order valence-corrected chi connectivity index (χ3v) is 13.4. The molecule has 0 spiro atoms. The minimum atomic E-state index is -1.81. The molecule has 1 heterocycles. The second kappa shape index (κ2) is 15.3. The van der Waals surface area contributed by atoms with Gasteiger partial charge in [0.15, 0.2) is 0 Å². The number of nitrogens with zero attached hydrogens (tertiary/aromatic N) is 1. The van der Waals surface area contributed by atoms with Gasteiger partial charge >= 0.3 is 0 Å². The lowest BCUT2D eigenvalue weighted by atomic mass is 9.70. The summed E-state index contributed by atoms with van der Waals surface area (Å²) in [6.07, 6.45) is 20.1. The van der Waals surface area contributed by atoms with Crippen LogP contribution in [0.25, 0.3) is 43.9 Å². The molecule has 1 nitrogen and oxygen atoms in total. The summed E-state index contributed by atoms with van der Waals surface area (Å²) in [7, 11) is -1.81. The molecule has 0 radical (unpaired) electrons. The Kier molecular flexibility index (Phi) is 11.1. The number of unbranched alkanes of at least 4 members (excludes halogenated alkanes) is 10. The van der Waals surface area contributed by atoms with Crippen LogP contribution in [-0.2, 0) is 5.41 Å². The van der Waals surface area contributed by atoms with Crippen LogP contribution >= 0.6 is 0 Å². The molecule has 0 fully saturated rings. The van der Waals surface area contributed by atoms with Crippen LogP contribution in [0.3, 0.4) is 0 Å². The number of fused-ring (bicyclic) bond motifs is 6. The van der Waals surface area contributed by atoms with Crippen LogP contribution in [0.2, 0.25) is 19.6 Å². The van der Waals surface area contributed by atoms with Gasteiger partial charge in [0.05, 0.1) is 13.8 Å². The Balaban J connectivity index is 1.46. The molecular weight excluding hydrogens is 614 g/mol. The zero-order valence-electron chi connectivity index (χ0n) is 31.2. The molecule has 0 amide bonds. The van der Waals surface area contributed by atoms with Crippen molar-refractivity contribution in [2.45, 2.75) is 136 Å². The smallest absolute Gasteiger partial charge is 0.130 e. The highest BCUT2D eigenvalue weighted by Crippen LogP contribution is 2.56. The van der Waals surface area contributed by atoms with E-state index in [0.29, 0.717) is 0 Å². The quantitative estimate of drug-likeness (QED) is 0.0578. The minimum absolute atomic E-state index is 0.0237. The minimum Gasteiger partial charge on any atom is -0.256 e. The van der Waals surface area contributed by atoms with Gasteiger partial charge in [-0.3, -0.25) is 4.98 Å². The number of benzene rings is 4. The number of aromatic nitrogens is 1. The first-order valence-corrected chi connectivity index (χ1v) is 23.0. The first-order chi connectivity index (χ1) is 23.7. The van der Waals surface area contributed by atoms with Gasteiger partial charge in [0.1, 0.15) is 5.82 Å². The molecule has 0 saturated heterocycles. The van der Waals surface area contributed by atoms with Crippen molar-refractivity contribution in [2.24, 2.45) is 0 Å². The van der Waals surface area contributed by atoms with E-state index in [4.69, 9.17) is 4.98 Å². The van der Waals surface area contributed by atoms with E-state index >= 15 is 4.39 Å². The van der Waals surface area contributed by atoms with Gasteiger partial charge in [0.25, 0.3) is 0 Å². The average Bonchev–Trinajstić information content (AvgIpc) is 3.37. The molecule has 6 rings (SSSR count). The molecule has 1 aliphatic carbocycles. The molecule has 0 aliphatic heterocycles. The number of halogens is 1. The molecule has 1 aromatic heterocycles. The SMILES string of the molecule is CCCCCCCCC1(CCCCCCCC)c2ccccc2-c2c(C)cc(-c3nccc4c3ccc3c(F)c([Si](C)(C)C)ccc34)cc21. The Hall–Kier alpha value is -3.30. The molecule has 0 N–H and O–H groups in total. The van der Waals surface area contributed by atoms with Crippen molar-refractivity contribution in [3.8, 4) is 22.4 Å². The van der Waals surface area contributed by atoms with Crippen LogP contribution in [0.15, 0.2) is 72.9 Å². The highest BCUT2D eigenvalue weighted by atomic mass is 28.3. The number of hydrogen-bond acceptors (Lipinski definition) is 1. The highest BCUT2D eigenvalue weighted by molar-refractivity contribution is 6.88. The summed E-state index contributed by atoms with van der Waals surface area (Å²) in [6.45, 7) is 13.6. The summed E-state index contributed by atoms with van der Waals surface area (Å²) in [5, 5.41) is 4.78. The van der Waals surface area contributed by atoms with Crippen LogP contribution in [0.1, 0.15) is 120 Å². The van der Waals surface area contributed by atoms with Gasteiger partial charge in [-0.15, -0.1) is 0 Å². The molecule has 0 atom stereocenters. The first-order valence-electron chi connectivity index (χ1n) is 19.5. The van der Waals surface area contributed by atoms with E-state index in [-0.39, 0.29) is 11.2 Å². The zero-order valence-corrected chi connectivity index (χ0v) is 32.2. The maximum atomic E-state index is 15.9. The van der Waals surface area contributed by atoms with Crippen molar-refractivity contribution >= 4 is 34.8 Å². The Morgan fingerprint density at radius 1 is 0.633 bits per heavy atom. The molecule has 258 valence electrons. The lowest BCUT2D eigenvalue weighted by Crippen LogP contribution is -2.39. The van der Waals surface area contributed by atoms with Gasteiger partial charge < -0.3 is 0 Å². The van der Waals surface area contributed by atoms with Crippen LogP contribution in [0.4, 0.5) is 4.39 Å². The molecule has 0 saturated carbocycles. The third-order valence-electron chi connectivity index (χ3n) is 11.4. The first kappa shape index (κ1) is 35.5. The molecule has 5 aromatic rings. The van der Waals surface area contributed by atoms with Crippen LogP contribution in [-0.4, -0.2) is 13.1 Å². The highest BCUT2D eigenvalue weighted by Gasteiger charge is 2.43. The van der Waals surface area contributed by atoms with E-state index in [1.54, 1.807) is 0 Å². The Labute approximate surface area is 296 Å². The number of rotatable bonds is 16. The summed E-state index contributed by atoms with van der Waals surface area (Å²) < 4.78 is 15.9. The molecule has 3 heteroatoms. The van der Waals surface area contributed by atoms with Crippen molar-refractivity contribution in [1.29, 1.82) is 0 Å². The predicted molar refractivity (Wildman–Crippen MR) is 215 cm³/mol. The van der Waals surface area contributed by atoms with Crippen molar-refractivity contribution in [3.63, 3.8) is 0 Å². The van der Waals surface area contributed by atoms with Gasteiger partial charge in [-0.25, -0.2) is 4.39 Å². The number of hydrogen-bond donors (Lipinski definition) is 0. The second-order valence-electron chi connectivity index (χ2n) is 16.0. The maximum Gasteiger partial charge on any atom is 0.130 e. The van der Waals surface area contributed by atoms with Crippen LogP contribution in [0, 0.1) is 12.7 Å². The lowest BCUT2D eigenvalue weighted by Gasteiger charge is -2.33. The van der Waals surface area contributed by atoms with Crippen molar-refractivity contribution < 1.29 is 4.39 Å². The summed E-state index contributed by atoms with van der Waals surface area (Å²) >= 11 is 0. The van der Waals surface area contributed by atoms with E-state index in [0.717, 1.165) is 32.4 Å². The fourth-order valence-electron chi connectivity index (χ4n) is 8.84. The van der Waals surface area contributed by atoms with E-state index in [2.05, 4.69) is 95.0 Å². The molecule has 0 bridgehead atoms. The normalized spacial score (nSPS) is 13.7. The van der Waals surface area contributed by atoms with Crippen molar-refractivity contribution in [3.05, 3.63) is 95.4 Å². The summed E-state index contributed by atoms with van der Waals surface area (Å²) in [5.41, 5.74) is 9.47. The Morgan fingerprint density at radius 2 is 1.22 bits per heavy atom. The van der Waals surface area contributed by atoms with Gasteiger partial charge in [-0.05, 0) is 81.7 Å². The molecule has 1 aliphatic rings. The monoisotopic (exact) mass is 671 g/mol. The topological polar surface area (TPSA) is 12.9 Å². The molecule has 49 heavy (non-hydrogen) atoms. The lowest BCUT2D eigenvalue weighted by molar-refractivity contribution is 0.398. The van der Waals surface area contributed by atoms with E-state index < -0.39 is 8.07 Å². The zero-order chi connectivity index (χ0) is 34.6. The number of pyridine rings is 1. The van der Waals surface area contributed by atoms with Gasteiger partial charge in [0, 0.05) is 27.9 Å². The van der Waals surface area contributed by atoms with Crippen LogP contribution in [0.5, 0.6) is 0 Å². The number of aryl methyl sites for hydroxylation is 1. The summed E-state index contributed by atoms with van der Waals surface area (Å²) in [4.78, 5) is 5.05. The largest absolute Gasteiger partial charge is 0.256 e. The molecular formula is C46H58FNSi. The van der Waals surface area contributed by atoms with Crippen molar-refractivity contribution in [2.75, 3.05) is 0 Å². The second-order valence-corrected chi connectivity index (χ2v) is 21.0. The van der Waals surface area contributed by atoms with Crippen LogP contribution < -0.4 is 5.19 Å². The van der Waals surface area contributed by atoms with Gasteiger partial charge in [-0.2, -0.15) is 0 Å². The molecule has 0 unspecified atom stereocenters. The fourth-order valence-corrected chi connectivity index (χ4v) is 10.2. The summed E-state index contributed by atoms with van der Waals surface area (Å²) in [6, 6.07) is 24.6. The average molecular weight is 672 g/mol. The van der Waals surface area contributed by atoms with E-state index in [1.165, 1.54) is 123 Å². The fraction of sp³-hybridized carbons (Fsp3) is 0.457. The van der Waals surface area contributed by atoms with Gasteiger partial charge in [-0.1, -0.05) is 159 Å². The Bertz CT molecular complexity index is 1900.